The number of aromatic nitrogens is 4. The van der Waals surface area contributed by atoms with Crippen molar-refractivity contribution in [3.63, 3.8) is 0 Å². The van der Waals surface area contributed by atoms with Gasteiger partial charge in [0.15, 0.2) is 0 Å². The Morgan fingerprint density at radius 1 is 1.16 bits per heavy atom. The van der Waals surface area contributed by atoms with Gasteiger partial charge in [-0.05, 0) is 36.8 Å². The average Bonchev–Trinajstić information content (AvgIpc) is 3.05. The van der Waals surface area contributed by atoms with E-state index in [-0.39, 0.29) is 12.5 Å². The third-order valence-electron chi connectivity index (χ3n) is 3.58. The summed E-state index contributed by atoms with van der Waals surface area (Å²) in [6, 6.07) is 15.1. The number of amides is 1. The Kier molecular flexibility index (Phi) is 5.03. The summed E-state index contributed by atoms with van der Waals surface area (Å²) in [4.78, 5) is 13.5. The molecule has 0 aliphatic carbocycles. The molecule has 0 radical (unpaired) electrons. The largest absolute Gasteiger partial charge is 0.492 e. The molecule has 0 spiro atoms. The number of tetrazole rings is 1. The topological polar surface area (TPSA) is 81.9 Å². The molecule has 1 N–H and O–H groups in total. The maximum absolute atomic E-state index is 12.3. The Morgan fingerprint density at radius 3 is 2.72 bits per heavy atom. The molecule has 0 aliphatic rings. The molecule has 0 aliphatic heterocycles. The number of nitrogens with one attached hydrogen (secondary N) is 1. The molecule has 128 valence electrons. The van der Waals surface area contributed by atoms with Gasteiger partial charge in [0.2, 0.25) is 11.7 Å². The van der Waals surface area contributed by atoms with Crippen LogP contribution in [0.2, 0.25) is 0 Å². The van der Waals surface area contributed by atoms with Crippen molar-refractivity contribution in [1.29, 1.82) is 0 Å². The number of carbonyl (C=O) groups excluding carboxylic acids is 1. The van der Waals surface area contributed by atoms with Gasteiger partial charge in [-0.2, -0.15) is 4.80 Å². The van der Waals surface area contributed by atoms with Gasteiger partial charge in [-0.25, -0.2) is 0 Å². The summed E-state index contributed by atoms with van der Waals surface area (Å²) in [6.45, 7) is 4.37. The number of aryl methyl sites for hydroxylation is 1. The fraction of sp³-hybridized carbons (Fsp3) is 0.222. The van der Waals surface area contributed by atoms with Gasteiger partial charge in [0, 0.05) is 5.56 Å². The predicted molar refractivity (Wildman–Crippen MR) is 94.2 cm³/mol. The summed E-state index contributed by atoms with van der Waals surface area (Å²) < 4.78 is 5.50. The van der Waals surface area contributed by atoms with E-state index in [2.05, 4.69) is 20.7 Å². The highest BCUT2D eigenvalue weighted by molar-refractivity contribution is 5.92. The summed E-state index contributed by atoms with van der Waals surface area (Å²) in [7, 11) is 0. The SMILES string of the molecule is CCOc1ccccc1NC(=O)Cn1nnc(-c2ccccc2C)n1. The minimum absolute atomic E-state index is 0.0284. The summed E-state index contributed by atoms with van der Waals surface area (Å²) in [5.41, 5.74) is 2.57. The number of rotatable bonds is 6. The molecule has 3 rings (SSSR count). The molecule has 0 fully saturated rings. The standard InChI is InChI=1S/C18H19N5O2/c1-3-25-16-11-7-6-10-15(16)19-17(24)12-23-21-18(20-22-23)14-9-5-4-8-13(14)2/h4-11H,3,12H2,1-2H3,(H,19,24). The zero-order valence-corrected chi connectivity index (χ0v) is 14.1. The van der Waals surface area contributed by atoms with Crippen LogP contribution in [0.1, 0.15) is 12.5 Å². The number of hydrogen-bond acceptors (Lipinski definition) is 5. The lowest BCUT2D eigenvalue weighted by molar-refractivity contribution is -0.117. The van der Waals surface area contributed by atoms with Crippen LogP contribution in [0.3, 0.4) is 0 Å². The van der Waals surface area contributed by atoms with Crippen molar-refractivity contribution >= 4 is 11.6 Å². The molecular weight excluding hydrogens is 318 g/mol. The van der Waals surface area contributed by atoms with Crippen LogP contribution in [0.5, 0.6) is 5.75 Å². The van der Waals surface area contributed by atoms with E-state index in [1.54, 1.807) is 6.07 Å². The molecule has 0 saturated carbocycles. The highest BCUT2D eigenvalue weighted by atomic mass is 16.5. The van der Waals surface area contributed by atoms with Gasteiger partial charge >= 0.3 is 0 Å². The molecule has 1 aromatic heterocycles. The molecule has 7 heteroatoms. The van der Waals surface area contributed by atoms with Crippen LogP contribution in [0.15, 0.2) is 48.5 Å². The number of benzene rings is 2. The van der Waals surface area contributed by atoms with E-state index in [4.69, 9.17) is 4.74 Å². The third kappa shape index (κ3) is 4.00. The first-order valence-corrected chi connectivity index (χ1v) is 8.03. The number of carbonyl (C=O) groups is 1. The van der Waals surface area contributed by atoms with Gasteiger partial charge in [0.05, 0.1) is 12.3 Å². The maximum atomic E-state index is 12.3. The molecule has 0 saturated heterocycles. The Labute approximate surface area is 145 Å². The minimum Gasteiger partial charge on any atom is -0.492 e. The Hall–Kier alpha value is -3.22. The van der Waals surface area contributed by atoms with Crippen LogP contribution in [0.4, 0.5) is 5.69 Å². The first-order valence-electron chi connectivity index (χ1n) is 8.03. The van der Waals surface area contributed by atoms with Crippen molar-refractivity contribution in [3.05, 3.63) is 54.1 Å². The Bertz CT molecular complexity index is 875. The number of hydrogen-bond donors (Lipinski definition) is 1. The maximum Gasteiger partial charge on any atom is 0.248 e. The molecule has 2 aromatic carbocycles. The normalized spacial score (nSPS) is 10.5. The molecular formula is C18H19N5O2. The lowest BCUT2D eigenvalue weighted by Crippen LogP contribution is -2.20. The quantitative estimate of drug-likeness (QED) is 0.748. The molecule has 0 bridgehead atoms. The molecule has 25 heavy (non-hydrogen) atoms. The molecule has 1 heterocycles. The first kappa shape index (κ1) is 16.6. The summed E-state index contributed by atoms with van der Waals surface area (Å²) in [5.74, 6) is 0.881. The average molecular weight is 337 g/mol. The zero-order chi connectivity index (χ0) is 17.6. The van der Waals surface area contributed by atoms with Crippen LogP contribution in [-0.2, 0) is 11.3 Å². The second-order valence-corrected chi connectivity index (χ2v) is 5.44. The van der Waals surface area contributed by atoms with Gasteiger partial charge in [-0.3, -0.25) is 4.79 Å². The van der Waals surface area contributed by atoms with Gasteiger partial charge < -0.3 is 10.1 Å². The van der Waals surface area contributed by atoms with E-state index < -0.39 is 0 Å². The summed E-state index contributed by atoms with van der Waals surface area (Å²) in [5, 5.41) is 15.1. The van der Waals surface area contributed by atoms with Crippen LogP contribution >= 0.6 is 0 Å². The van der Waals surface area contributed by atoms with Crippen LogP contribution in [-0.4, -0.2) is 32.7 Å². The predicted octanol–water partition coefficient (Wildman–Crippen LogP) is 2.69. The Balaban J connectivity index is 1.69. The van der Waals surface area contributed by atoms with E-state index in [9.17, 15) is 4.79 Å². The van der Waals surface area contributed by atoms with Crippen molar-refractivity contribution in [2.75, 3.05) is 11.9 Å². The number of para-hydroxylation sites is 2. The van der Waals surface area contributed by atoms with Crippen molar-refractivity contribution < 1.29 is 9.53 Å². The number of nitrogens with zero attached hydrogens (tertiary/aromatic N) is 4. The smallest absolute Gasteiger partial charge is 0.248 e. The number of anilines is 1. The van der Waals surface area contributed by atoms with Crippen LogP contribution < -0.4 is 10.1 Å². The second kappa shape index (κ2) is 7.57. The fourth-order valence-corrected chi connectivity index (χ4v) is 2.41. The van der Waals surface area contributed by atoms with Crippen LogP contribution in [0, 0.1) is 6.92 Å². The van der Waals surface area contributed by atoms with Crippen molar-refractivity contribution in [2.45, 2.75) is 20.4 Å². The minimum atomic E-state index is -0.249. The third-order valence-corrected chi connectivity index (χ3v) is 3.58. The van der Waals surface area contributed by atoms with E-state index in [1.807, 2.05) is 56.3 Å². The first-order chi connectivity index (χ1) is 12.2. The van der Waals surface area contributed by atoms with E-state index in [0.717, 1.165) is 11.1 Å². The lowest BCUT2D eigenvalue weighted by Gasteiger charge is -2.10. The van der Waals surface area contributed by atoms with E-state index in [1.165, 1.54) is 4.80 Å². The molecule has 1 amide bonds. The lowest BCUT2D eigenvalue weighted by atomic mass is 10.1. The van der Waals surface area contributed by atoms with Crippen molar-refractivity contribution in [2.24, 2.45) is 0 Å². The van der Waals surface area contributed by atoms with Crippen molar-refractivity contribution in [3.8, 4) is 17.1 Å². The fourth-order valence-electron chi connectivity index (χ4n) is 2.41. The molecule has 0 atom stereocenters. The van der Waals surface area contributed by atoms with Gasteiger partial charge in [-0.1, -0.05) is 36.4 Å². The monoisotopic (exact) mass is 337 g/mol. The number of ether oxygens (including phenoxy) is 1. The molecule has 7 nitrogen and oxygen atoms in total. The summed E-state index contributed by atoms with van der Waals surface area (Å²) >= 11 is 0. The molecule has 3 aromatic rings. The van der Waals surface area contributed by atoms with Gasteiger partial charge in [0.25, 0.3) is 0 Å². The highest BCUT2D eigenvalue weighted by Gasteiger charge is 2.12. The summed E-state index contributed by atoms with van der Waals surface area (Å²) in [6.07, 6.45) is 0. The van der Waals surface area contributed by atoms with Crippen LogP contribution in [0.25, 0.3) is 11.4 Å². The molecule has 0 unspecified atom stereocenters. The second-order valence-electron chi connectivity index (χ2n) is 5.44. The zero-order valence-electron chi connectivity index (χ0n) is 14.1. The van der Waals surface area contributed by atoms with E-state index in [0.29, 0.717) is 23.9 Å². The Morgan fingerprint density at radius 2 is 1.92 bits per heavy atom. The van der Waals surface area contributed by atoms with Gasteiger partial charge in [-0.15, -0.1) is 10.2 Å². The highest BCUT2D eigenvalue weighted by Crippen LogP contribution is 2.23. The van der Waals surface area contributed by atoms with Gasteiger partial charge in [0.1, 0.15) is 12.3 Å². The van der Waals surface area contributed by atoms with E-state index >= 15 is 0 Å². The van der Waals surface area contributed by atoms with Crippen molar-refractivity contribution in [1.82, 2.24) is 20.2 Å².